The third-order valence-electron chi connectivity index (χ3n) is 7.22. The van der Waals surface area contributed by atoms with Gasteiger partial charge in [-0.05, 0) is 80.3 Å². The van der Waals surface area contributed by atoms with Crippen LogP contribution in [0.4, 0.5) is 0 Å². The number of benzene rings is 2. The molecule has 2 amide bonds. The molecule has 9 heteroatoms. The van der Waals surface area contributed by atoms with E-state index in [4.69, 9.17) is 33.3 Å². The second-order valence-electron chi connectivity index (χ2n) is 9.79. The number of rotatable bonds is 8. The normalized spacial score (nSPS) is 19.4. The largest absolute Gasteiger partial charge is 0.481 e. The highest BCUT2D eigenvalue weighted by Gasteiger charge is 2.54. The molecule has 1 spiro atoms. The van der Waals surface area contributed by atoms with Gasteiger partial charge in [-0.2, -0.15) is 0 Å². The number of carboxylic acid groups (broad SMARTS) is 1. The summed E-state index contributed by atoms with van der Waals surface area (Å²) in [6.45, 7) is 0.0685. The van der Waals surface area contributed by atoms with Crippen LogP contribution in [-0.2, 0) is 9.59 Å². The number of carboxylic acids is 1. The fourth-order valence-electron chi connectivity index (χ4n) is 5.43. The minimum Gasteiger partial charge on any atom is -0.481 e. The number of hydrogen-bond acceptors (Lipinski definition) is 4. The van der Waals surface area contributed by atoms with Gasteiger partial charge in [0.15, 0.2) is 0 Å². The smallest absolute Gasteiger partial charge is 0.305 e. The van der Waals surface area contributed by atoms with Crippen LogP contribution in [0, 0.1) is 5.92 Å². The Kier molecular flexibility index (Phi) is 6.79. The van der Waals surface area contributed by atoms with Crippen LogP contribution in [0.1, 0.15) is 72.5 Å². The molecule has 7 nitrogen and oxygen atoms in total. The van der Waals surface area contributed by atoms with Crippen LogP contribution < -0.4 is 5.32 Å². The predicted octanol–water partition coefficient (Wildman–Crippen LogP) is 5.25. The lowest BCUT2D eigenvalue weighted by Crippen LogP contribution is -2.48. The molecule has 0 bridgehead atoms. The molecule has 1 atom stereocenters. The monoisotopic (exact) mass is 527 g/mol. The molecule has 2 N–H and O–H groups in total. The van der Waals surface area contributed by atoms with Gasteiger partial charge >= 0.3 is 5.97 Å². The van der Waals surface area contributed by atoms with E-state index in [9.17, 15) is 14.4 Å². The van der Waals surface area contributed by atoms with Crippen molar-refractivity contribution in [3.8, 4) is 0 Å². The van der Waals surface area contributed by atoms with Crippen molar-refractivity contribution in [2.24, 2.45) is 10.9 Å². The Bertz CT molecular complexity index is 1210. The summed E-state index contributed by atoms with van der Waals surface area (Å²) in [4.78, 5) is 44.1. The van der Waals surface area contributed by atoms with Gasteiger partial charge in [0.2, 0.25) is 0 Å². The summed E-state index contributed by atoms with van der Waals surface area (Å²) in [5.74, 6) is -1.06. The Morgan fingerprint density at radius 3 is 2.31 bits per heavy atom. The van der Waals surface area contributed by atoms with E-state index in [2.05, 4.69) is 5.32 Å². The summed E-state index contributed by atoms with van der Waals surface area (Å²) in [7, 11) is 0. The first kappa shape index (κ1) is 24.8. The van der Waals surface area contributed by atoms with Gasteiger partial charge in [-0.3, -0.25) is 19.4 Å². The quantitative estimate of drug-likeness (QED) is 0.489. The number of hydrogen-bond donors (Lipinski definition) is 2. The third-order valence-corrected chi connectivity index (χ3v) is 7.65. The number of nitrogens with one attached hydrogen (secondary N) is 1. The van der Waals surface area contributed by atoms with Crippen LogP contribution in [0.3, 0.4) is 0 Å². The molecule has 0 saturated heterocycles. The van der Waals surface area contributed by atoms with Gasteiger partial charge in [-0.1, -0.05) is 35.3 Å². The number of halogens is 2. The first-order chi connectivity index (χ1) is 17.3. The first-order valence-electron chi connectivity index (χ1n) is 12.3. The van der Waals surface area contributed by atoms with Crippen LogP contribution in [0.15, 0.2) is 47.5 Å². The van der Waals surface area contributed by atoms with Crippen molar-refractivity contribution in [3.05, 3.63) is 69.2 Å². The van der Waals surface area contributed by atoms with Crippen molar-refractivity contribution in [2.45, 2.75) is 56.7 Å². The van der Waals surface area contributed by atoms with Crippen molar-refractivity contribution in [3.63, 3.8) is 0 Å². The number of nitrogens with zero attached hydrogens (tertiary/aromatic N) is 2. The number of aliphatic imine (C=N–C) groups is 1. The van der Waals surface area contributed by atoms with Crippen molar-refractivity contribution in [2.75, 3.05) is 6.54 Å². The minimum absolute atomic E-state index is 0.0685. The molecular formula is C27H27Cl2N3O4. The van der Waals surface area contributed by atoms with Gasteiger partial charge in [0, 0.05) is 27.7 Å². The van der Waals surface area contributed by atoms with Gasteiger partial charge in [0.25, 0.3) is 11.8 Å². The van der Waals surface area contributed by atoms with Crippen molar-refractivity contribution >= 4 is 46.7 Å². The maximum absolute atomic E-state index is 14.0. The standard InChI is InChI=1S/C27H27Cl2N3O4/c28-20-13-19(14-21(29)15-20)23-26(36)32(27(31-23)10-1-2-11-27)24(16-3-4-16)17-5-7-18(8-6-17)25(35)30-12-9-22(33)34/h5-8,13-16,24H,1-4,9-12H2,(H,30,35)(H,33,34)/t24-/m1/s1. The molecule has 36 heavy (non-hydrogen) atoms. The third kappa shape index (κ3) is 4.87. The van der Waals surface area contributed by atoms with Crippen molar-refractivity contribution < 1.29 is 19.5 Å². The van der Waals surface area contributed by atoms with Crippen molar-refractivity contribution in [1.29, 1.82) is 0 Å². The van der Waals surface area contributed by atoms with E-state index < -0.39 is 11.6 Å². The number of carbonyl (C=O) groups is 3. The molecule has 0 radical (unpaired) electrons. The highest BCUT2D eigenvalue weighted by Crippen LogP contribution is 2.52. The second kappa shape index (κ2) is 9.87. The fraction of sp³-hybridized carbons (Fsp3) is 0.407. The van der Waals surface area contributed by atoms with E-state index in [1.54, 1.807) is 30.3 Å². The maximum Gasteiger partial charge on any atom is 0.305 e. The lowest BCUT2D eigenvalue weighted by atomic mass is 9.95. The highest BCUT2D eigenvalue weighted by atomic mass is 35.5. The van der Waals surface area contributed by atoms with E-state index in [1.807, 2.05) is 17.0 Å². The average Bonchev–Trinajstić information content (AvgIpc) is 3.49. The van der Waals surface area contributed by atoms with Gasteiger partial charge in [0.1, 0.15) is 11.4 Å². The summed E-state index contributed by atoms with van der Waals surface area (Å²) in [6.07, 6.45) is 5.55. The lowest BCUT2D eigenvalue weighted by Gasteiger charge is -2.39. The Balaban J connectivity index is 1.44. The van der Waals surface area contributed by atoms with Crippen LogP contribution >= 0.6 is 23.2 Å². The summed E-state index contributed by atoms with van der Waals surface area (Å²) in [5, 5.41) is 12.3. The Hall–Kier alpha value is -2.90. The van der Waals surface area contributed by atoms with Gasteiger partial charge < -0.3 is 15.3 Å². The number of amides is 2. The molecule has 2 aromatic rings. The molecule has 5 rings (SSSR count). The SMILES string of the molecule is O=C(O)CCNC(=O)c1ccc([C@@H](C2CC2)N2C(=O)C(c3cc(Cl)cc(Cl)c3)=NC23CCCC3)cc1. The lowest BCUT2D eigenvalue weighted by molar-refractivity contribution is -0.137. The molecule has 3 aliphatic rings. The van der Waals surface area contributed by atoms with E-state index in [1.165, 1.54) is 0 Å². The number of aliphatic carboxylic acids is 1. The number of carbonyl (C=O) groups excluding carboxylic acids is 2. The molecule has 0 unspecified atom stereocenters. The molecule has 2 saturated carbocycles. The molecule has 1 aliphatic heterocycles. The molecule has 0 aromatic heterocycles. The van der Waals surface area contributed by atoms with Crippen LogP contribution in [0.2, 0.25) is 10.0 Å². The van der Waals surface area contributed by atoms with Gasteiger partial charge in [0.05, 0.1) is 12.5 Å². The zero-order valence-corrected chi connectivity index (χ0v) is 21.2. The van der Waals surface area contributed by atoms with E-state index in [0.717, 1.165) is 44.1 Å². The molecule has 1 heterocycles. The topological polar surface area (TPSA) is 99.1 Å². The van der Waals surface area contributed by atoms with E-state index in [-0.39, 0.29) is 30.8 Å². The minimum atomic E-state index is -0.962. The molecule has 188 valence electrons. The summed E-state index contributed by atoms with van der Waals surface area (Å²) >= 11 is 12.5. The predicted molar refractivity (Wildman–Crippen MR) is 138 cm³/mol. The highest BCUT2D eigenvalue weighted by molar-refractivity contribution is 6.47. The Morgan fingerprint density at radius 2 is 1.72 bits per heavy atom. The summed E-state index contributed by atoms with van der Waals surface area (Å²) in [6, 6.07) is 12.2. The summed E-state index contributed by atoms with van der Waals surface area (Å²) in [5.41, 5.74) is 1.88. The Labute approximate surface area is 219 Å². The fourth-order valence-corrected chi connectivity index (χ4v) is 5.96. The summed E-state index contributed by atoms with van der Waals surface area (Å²) < 4.78 is 0. The average molecular weight is 528 g/mol. The van der Waals surface area contributed by atoms with Gasteiger partial charge in [-0.15, -0.1) is 0 Å². The van der Waals surface area contributed by atoms with Crippen LogP contribution in [0.5, 0.6) is 0 Å². The zero-order valence-electron chi connectivity index (χ0n) is 19.7. The molecule has 2 aliphatic carbocycles. The second-order valence-corrected chi connectivity index (χ2v) is 10.7. The zero-order chi connectivity index (χ0) is 25.4. The molecule has 2 fully saturated rings. The first-order valence-corrected chi connectivity index (χ1v) is 13.0. The van der Waals surface area contributed by atoms with Crippen LogP contribution in [-0.4, -0.2) is 45.7 Å². The molecular weight excluding hydrogens is 501 g/mol. The van der Waals surface area contributed by atoms with Gasteiger partial charge in [-0.25, -0.2) is 0 Å². The van der Waals surface area contributed by atoms with E-state index >= 15 is 0 Å². The van der Waals surface area contributed by atoms with Crippen molar-refractivity contribution in [1.82, 2.24) is 10.2 Å². The van der Waals surface area contributed by atoms with Crippen LogP contribution in [0.25, 0.3) is 0 Å². The maximum atomic E-state index is 14.0. The Morgan fingerprint density at radius 1 is 1.08 bits per heavy atom. The van der Waals surface area contributed by atoms with E-state index in [0.29, 0.717) is 32.8 Å². The molecule has 2 aromatic carbocycles.